The maximum Gasteiger partial charge on any atom is 0.350 e. The Kier molecular flexibility index (Phi) is 4.16. The van der Waals surface area contributed by atoms with Gasteiger partial charge in [0.15, 0.2) is 0 Å². The monoisotopic (exact) mass is 256 g/mol. The van der Waals surface area contributed by atoms with Crippen LogP contribution in [0.25, 0.3) is 0 Å². The van der Waals surface area contributed by atoms with Crippen molar-refractivity contribution in [2.45, 2.75) is 26.2 Å². The number of thiophene rings is 1. The number of hydrogen-bond donors (Lipinski definition) is 1. The lowest BCUT2D eigenvalue weighted by atomic mass is 9.95. The molecule has 1 N–H and O–H groups in total. The summed E-state index contributed by atoms with van der Waals surface area (Å²) in [5.41, 5.74) is 3.95. The highest BCUT2D eigenvalue weighted by molar-refractivity contribution is 7.14. The molecule has 0 aliphatic carbocycles. The molecule has 5 heteroatoms. The molecule has 17 heavy (non-hydrogen) atoms. The molecule has 0 radical (unpaired) electrons. The first-order valence-corrected chi connectivity index (χ1v) is 6.24. The molecule has 1 heterocycles. The predicted octanol–water partition coefficient (Wildman–Crippen LogP) is 2.72. The SMILES string of the molecule is COC(=O)c1sc(C(C)(C)C)cc1NN(C)C. The van der Waals surface area contributed by atoms with Gasteiger partial charge in [-0.05, 0) is 11.5 Å². The van der Waals surface area contributed by atoms with E-state index in [1.165, 1.54) is 18.4 Å². The fourth-order valence-electron chi connectivity index (χ4n) is 1.33. The number of carbonyl (C=O) groups is 1. The van der Waals surface area contributed by atoms with Crippen LogP contribution >= 0.6 is 11.3 Å². The lowest BCUT2D eigenvalue weighted by Gasteiger charge is -2.15. The maximum absolute atomic E-state index is 11.7. The van der Waals surface area contributed by atoms with Crippen molar-refractivity contribution in [3.05, 3.63) is 15.8 Å². The van der Waals surface area contributed by atoms with Crippen molar-refractivity contribution in [3.63, 3.8) is 0 Å². The summed E-state index contributed by atoms with van der Waals surface area (Å²) >= 11 is 1.48. The number of nitrogens with zero attached hydrogens (tertiary/aromatic N) is 1. The number of methoxy groups -OCH3 is 1. The van der Waals surface area contributed by atoms with Gasteiger partial charge in [-0.1, -0.05) is 20.8 Å². The highest BCUT2D eigenvalue weighted by atomic mass is 32.1. The van der Waals surface area contributed by atoms with Crippen molar-refractivity contribution >= 4 is 23.0 Å². The van der Waals surface area contributed by atoms with Crippen molar-refractivity contribution in [2.75, 3.05) is 26.6 Å². The van der Waals surface area contributed by atoms with Crippen LogP contribution in [0.1, 0.15) is 35.3 Å². The van der Waals surface area contributed by atoms with Crippen molar-refractivity contribution in [2.24, 2.45) is 0 Å². The summed E-state index contributed by atoms with van der Waals surface area (Å²) < 4.78 is 4.80. The molecule has 0 aromatic carbocycles. The summed E-state index contributed by atoms with van der Waals surface area (Å²) in [5.74, 6) is -0.296. The van der Waals surface area contributed by atoms with Crippen molar-refractivity contribution in [1.82, 2.24) is 5.01 Å². The third-order valence-corrected chi connectivity index (χ3v) is 3.73. The molecule has 0 fully saturated rings. The largest absolute Gasteiger partial charge is 0.465 e. The van der Waals surface area contributed by atoms with Gasteiger partial charge in [-0.25, -0.2) is 9.80 Å². The molecule has 0 spiro atoms. The first-order valence-electron chi connectivity index (χ1n) is 5.42. The average molecular weight is 256 g/mol. The molecule has 0 saturated carbocycles. The predicted molar refractivity (Wildman–Crippen MR) is 71.7 cm³/mol. The van der Waals surface area contributed by atoms with Crippen LogP contribution < -0.4 is 5.43 Å². The van der Waals surface area contributed by atoms with Gasteiger partial charge in [-0.2, -0.15) is 0 Å². The van der Waals surface area contributed by atoms with Crippen molar-refractivity contribution in [3.8, 4) is 0 Å². The summed E-state index contributed by atoms with van der Waals surface area (Å²) in [6.45, 7) is 6.37. The zero-order valence-corrected chi connectivity index (χ0v) is 12.1. The summed E-state index contributed by atoms with van der Waals surface area (Å²) in [5, 5.41) is 1.81. The number of esters is 1. The Morgan fingerprint density at radius 2 is 2.00 bits per heavy atom. The van der Waals surface area contributed by atoms with Gasteiger partial charge >= 0.3 is 5.97 Å². The molecule has 96 valence electrons. The molecule has 4 nitrogen and oxygen atoms in total. The third-order valence-electron chi connectivity index (χ3n) is 2.19. The van der Waals surface area contributed by atoms with E-state index in [0.717, 1.165) is 10.6 Å². The van der Waals surface area contributed by atoms with Crippen LogP contribution in [0.3, 0.4) is 0 Å². The molecule has 1 rings (SSSR count). The molecule has 0 saturated heterocycles. The van der Waals surface area contributed by atoms with Gasteiger partial charge in [0.05, 0.1) is 12.8 Å². The molecule has 0 aliphatic rings. The van der Waals surface area contributed by atoms with E-state index < -0.39 is 0 Å². The smallest absolute Gasteiger partial charge is 0.350 e. The maximum atomic E-state index is 11.7. The van der Waals surface area contributed by atoms with E-state index in [2.05, 4.69) is 26.2 Å². The lowest BCUT2D eigenvalue weighted by Crippen LogP contribution is -2.20. The van der Waals surface area contributed by atoms with Crippen molar-refractivity contribution < 1.29 is 9.53 Å². The summed E-state index contributed by atoms with van der Waals surface area (Å²) in [6, 6.07) is 2.01. The number of carbonyl (C=O) groups excluding carboxylic acids is 1. The Hall–Kier alpha value is -1.07. The van der Waals surface area contributed by atoms with Gasteiger partial charge in [0.1, 0.15) is 4.88 Å². The zero-order valence-electron chi connectivity index (χ0n) is 11.2. The van der Waals surface area contributed by atoms with Crippen molar-refractivity contribution in [1.29, 1.82) is 0 Å². The summed E-state index contributed by atoms with van der Waals surface area (Å²) in [4.78, 5) is 13.5. The topological polar surface area (TPSA) is 41.6 Å². The Labute approximate surface area is 107 Å². The van der Waals surface area contributed by atoms with E-state index in [1.807, 2.05) is 20.2 Å². The van der Waals surface area contributed by atoms with E-state index in [4.69, 9.17) is 4.74 Å². The van der Waals surface area contributed by atoms with Gasteiger partial charge in [0, 0.05) is 19.0 Å². The molecule has 0 aliphatic heterocycles. The highest BCUT2D eigenvalue weighted by Crippen LogP contribution is 2.35. The van der Waals surface area contributed by atoms with Crippen LogP contribution in [-0.2, 0) is 10.2 Å². The average Bonchev–Trinajstić information content (AvgIpc) is 2.59. The first kappa shape index (κ1) is 14.0. The quantitative estimate of drug-likeness (QED) is 0.667. The Bertz CT molecular complexity index is 405. The van der Waals surface area contributed by atoms with Crippen LogP contribution in [0.15, 0.2) is 6.07 Å². The van der Waals surface area contributed by atoms with E-state index >= 15 is 0 Å². The standard InChI is InChI=1S/C12H20N2O2S/c1-12(2,3)9-7-8(13-14(4)5)10(17-9)11(15)16-6/h7,13H,1-6H3. The number of hydrazine groups is 1. The van der Waals surface area contributed by atoms with Crippen LogP contribution in [0.4, 0.5) is 5.69 Å². The number of rotatable bonds is 3. The lowest BCUT2D eigenvalue weighted by molar-refractivity contribution is 0.0607. The van der Waals surface area contributed by atoms with Crippen LogP contribution in [0, 0.1) is 0 Å². The molecule has 0 atom stereocenters. The van der Waals surface area contributed by atoms with Gasteiger partial charge in [0.25, 0.3) is 0 Å². The summed E-state index contributed by atoms with van der Waals surface area (Å²) in [6.07, 6.45) is 0. The van der Waals surface area contributed by atoms with Crippen LogP contribution in [0.5, 0.6) is 0 Å². The molecule has 1 aromatic heterocycles. The first-order chi connectivity index (χ1) is 7.75. The Balaban J connectivity index is 3.16. The Morgan fingerprint density at radius 1 is 1.41 bits per heavy atom. The van der Waals surface area contributed by atoms with Gasteiger partial charge < -0.3 is 10.2 Å². The number of hydrogen-bond acceptors (Lipinski definition) is 5. The second-order valence-corrected chi connectivity index (χ2v) is 6.15. The molecule has 0 amide bonds. The highest BCUT2D eigenvalue weighted by Gasteiger charge is 2.23. The van der Waals surface area contributed by atoms with Crippen LogP contribution in [-0.4, -0.2) is 32.2 Å². The molecule has 0 bridgehead atoms. The minimum atomic E-state index is -0.296. The zero-order chi connectivity index (χ0) is 13.2. The number of anilines is 1. The van der Waals surface area contributed by atoms with Gasteiger partial charge in [-0.3, -0.25) is 0 Å². The minimum absolute atomic E-state index is 0.0275. The second-order valence-electron chi connectivity index (χ2n) is 5.10. The minimum Gasteiger partial charge on any atom is -0.465 e. The van der Waals surface area contributed by atoms with Gasteiger partial charge in [-0.15, -0.1) is 11.3 Å². The molecular weight excluding hydrogens is 236 g/mol. The summed E-state index contributed by atoms with van der Waals surface area (Å²) in [7, 11) is 5.17. The van der Waals surface area contributed by atoms with Gasteiger partial charge in [0.2, 0.25) is 0 Å². The number of nitrogens with one attached hydrogen (secondary N) is 1. The van der Waals surface area contributed by atoms with E-state index in [0.29, 0.717) is 4.88 Å². The molecule has 0 unspecified atom stereocenters. The normalized spacial score (nSPS) is 11.7. The molecule has 1 aromatic rings. The fourth-order valence-corrected chi connectivity index (χ4v) is 2.41. The van der Waals surface area contributed by atoms with Crippen LogP contribution in [0.2, 0.25) is 0 Å². The van der Waals surface area contributed by atoms with E-state index in [1.54, 1.807) is 5.01 Å². The Morgan fingerprint density at radius 3 is 2.41 bits per heavy atom. The van der Waals surface area contributed by atoms with E-state index in [9.17, 15) is 4.79 Å². The van der Waals surface area contributed by atoms with E-state index in [-0.39, 0.29) is 11.4 Å². The fraction of sp³-hybridized carbons (Fsp3) is 0.583. The molecular formula is C12H20N2O2S. The third kappa shape index (κ3) is 3.44. The second kappa shape index (κ2) is 5.06. The number of ether oxygens (including phenoxy) is 1.